The maximum atomic E-state index is 12.5. The number of aromatic nitrogens is 7. The quantitative estimate of drug-likeness (QED) is 0.484. The number of carbonyl (C=O) groups excluding carboxylic acids is 1. The highest BCUT2D eigenvalue weighted by atomic mass is 32.1. The Morgan fingerprint density at radius 2 is 1.93 bits per heavy atom. The van der Waals surface area contributed by atoms with Crippen LogP contribution in [0.25, 0.3) is 22.6 Å². The van der Waals surface area contributed by atoms with Crippen LogP contribution in [0.2, 0.25) is 0 Å². The lowest BCUT2D eigenvalue weighted by atomic mass is 10.2. The molecule has 1 aromatic carbocycles. The Kier molecular flexibility index (Phi) is 4.30. The second-order valence-electron chi connectivity index (χ2n) is 6.15. The van der Waals surface area contributed by atoms with E-state index >= 15 is 0 Å². The molecule has 0 atom stereocenters. The lowest BCUT2D eigenvalue weighted by Crippen LogP contribution is -2.25. The van der Waals surface area contributed by atoms with Gasteiger partial charge < -0.3 is 5.32 Å². The summed E-state index contributed by atoms with van der Waals surface area (Å²) in [4.78, 5) is 13.9. The zero-order valence-corrected chi connectivity index (χ0v) is 15.8. The van der Waals surface area contributed by atoms with E-state index < -0.39 is 0 Å². The third-order valence-electron chi connectivity index (χ3n) is 4.26. The maximum Gasteiger partial charge on any atom is 0.273 e. The maximum absolute atomic E-state index is 12.5. The van der Waals surface area contributed by atoms with Crippen molar-refractivity contribution >= 4 is 22.9 Å². The number of hydrogen-bond acceptors (Lipinski definition) is 7. The van der Waals surface area contributed by atoms with Crippen LogP contribution < -0.4 is 5.32 Å². The largest absolute Gasteiger partial charge is 0.343 e. The molecule has 0 bridgehead atoms. The van der Waals surface area contributed by atoms with Crippen LogP contribution >= 0.6 is 11.3 Å². The van der Waals surface area contributed by atoms with Crippen molar-refractivity contribution in [2.24, 2.45) is 0 Å². The van der Waals surface area contributed by atoms with Crippen LogP contribution in [-0.4, -0.2) is 40.7 Å². The molecule has 9 nitrogen and oxygen atoms in total. The second-order valence-corrected chi connectivity index (χ2v) is 6.93. The molecule has 29 heavy (non-hydrogen) atoms. The van der Waals surface area contributed by atoms with Crippen molar-refractivity contribution in [3.63, 3.8) is 0 Å². The minimum absolute atomic E-state index is 0.165. The number of amides is 1. The topological polar surface area (TPSA) is 103 Å². The summed E-state index contributed by atoms with van der Waals surface area (Å²) in [5.74, 6) is 0.179. The molecule has 142 valence electrons. The van der Waals surface area contributed by atoms with E-state index in [1.165, 1.54) is 11.0 Å². The van der Waals surface area contributed by atoms with Crippen molar-refractivity contribution in [1.82, 2.24) is 40.1 Å². The van der Waals surface area contributed by atoms with Gasteiger partial charge in [-0.2, -0.15) is 30.8 Å². The van der Waals surface area contributed by atoms with E-state index in [0.717, 1.165) is 16.9 Å². The Balaban J connectivity index is 1.33. The fourth-order valence-corrected chi connectivity index (χ4v) is 3.46. The molecule has 4 heterocycles. The van der Waals surface area contributed by atoms with Crippen molar-refractivity contribution < 1.29 is 4.79 Å². The normalized spacial score (nSPS) is 11.0. The summed E-state index contributed by atoms with van der Waals surface area (Å²) in [6.45, 7) is 0.165. The van der Waals surface area contributed by atoms with Crippen molar-refractivity contribution in [3.05, 3.63) is 77.0 Å². The number of nitrogens with one attached hydrogen (secondary N) is 1. The molecule has 4 aromatic heterocycles. The summed E-state index contributed by atoms with van der Waals surface area (Å²) in [5, 5.41) is 28.0. The van der Waals surface area contributed by atoms with Gasteiger partial charge in [-0.3, -0.25) is 4.79 Å². The van der Waals surface area contributed by atoms with Crippen LogP contribution in [0.4, 0.5) is 0 Å². The number of rotatable bonds is 5. The van der Waals surface area contributed by atoms with Gasteiger partial charge in [0, 0.05) is 10.9 Å². The van der Waals surface area contributed by atoms with Crippen LogP contribution in [0.3, 0.4) is 0 Å². The molecule has 0 saturated carbocycles. The molecule has 10 heteroatoms. The molecular formula is C19H14N8OS. The van der Waals surface area contributed by atoms with E-state index in [1.54, 1.807) is 15.9 Å². The highest BCUT2D eigenvalue weighted by molar-refractivity contribution is 7.08. The molecule has 0 aliphatic carbocycles. The Morgan fingerprint density at radius 1 is 1.03 bits per heavy atom. The molecule has 0 radical (unpaired) electrons. The van der Waals surface area contributed by atoms with Gasteiger partial charge in [-0.25, -0.2) is 0 Å². The van der Waals surface area contributed by atoms with E-state index in [2.05, 4.69) is 30.8 Å². The van der Waals surface area contributed by atoms with Crippen molar-refractivity contribution in [1.29, 1.82) is 0 Å². The molecular weight excluding hydrogens is 388 g/mol. The SMILES string of the molecule is O=C(NCc1nnc2ccc(-c3ccsc3)nn12)c1cnn(-c2ccccc2)n1. The van der Waals surface area contributed by atoms with E-state index in [-0.39, 0.29) is 18.1 Å². The monoisotopic (exact) mass is 402 g/mol. The molecule has 1 N–H and O–H groups in total. The van der Waals surface area contributed by atoms with Crippen LogP contribution in [0.1, 0.15) is 16.3 Å². The predicted molar refractivity (Wildman–Crippen MR) is 107 cm³/mol. The minimum Gasteiger partial charge on any atom is -0.343 e. The Bertz CT molecular complexity index is 1280. The zero-order chi connectivity index (χ0) is 19.6. The third kappa shape index (κ3) is 3.36. The summed E-state index contributed by atoms with van der Waals surface area (Å²) < 4.78 is 1.63. The van der Waals surface area contributed by atoms with Crippen LogP contribution in [0.5, 0.6) is 0 Å². The molecule has 0 spiro atoms. The number of benzene rings is 1. The molecule has 5 rings (SSSR count). The number of para-hydroxylation sites is 1. The lowest BCUT2D eigenvalue weighted by molar-refractivity contribution is 0.0944. The molecule has 0 aliphatic heterocycles. The van der Waals surface area contributed by atoms with Gasteiger partial charge in [0.15, 0.2) is 17.2 Å². The van der Waals surface area contributed by atoms with Gasteiger partial charge in [-0.15, -0.1) is 15.3 Å². The summed E-state index contributed by atoms with van der Waals surface area (Å²) in [7, 11) is 0. The first-order valence-electron chi connectivity index (χ1n) is 8.78. The molecule has 0 fully saturated rings. The van der Waals surface area contributed by atoms with E-state index in [4.69, 9.17) is 0 Å². The zero-order valence-electron chi connectivity index (χ0n) is 15.0. The van der Waals surface area contributed by atoms with E-state index in [1.807, 2.05) is 59.3 Å². The summed E-state index contributed by atoms with van der Waals surface area (Å²) in [5.41, 5.74) is 3.45. The van der Waals surface area contributed by atoms with Gasteiger partial charge in [-0.1, -0.05) is 18.2 Å². The van der Waals surface area contributed by atoms with Gasteiger partial charge in [0.2, 0.25) is 0 Å². The highest BCUT2D eigenvalue weighted by Gasteiger charge is 2.14. The van der Waals surface area contributed by atoms with Gasteiger partial charge in [0.05, 0.1) is 24.1 Å². The van der Waals surface area contributed by atoms with Crippen molar-refractivity contribution in [2.45, 2.75) is 6.54 Å². The first-order chi connectivity index (χ1) is 14.3. The molecule has 0 saturated heterocycles. The lowest BCUT2D eigenvalue weighted by Gasteiger charge is -2.03. The van der Waals surface area contributed by atoms with Crippen LogP contribution in [-0.2, 0) is 6.54 Å². The highest BCUT2D eigenvalue weighted by Crippen LogP contribution is 2.20. The minimum atomic E-state index is -0.349. The number of fused-ring (bicyclic) bond motifs is 1. The van der Waals surface area contributed by atoms with Gasteiger partial charge in [-0.05, 0) is 35.7 Å². The second kappa shape index (κ2) is 7.24. The Hall–Kier alpha value is -3.92. The standard InChI is InChI=1S/C19H14N8OS/c28-19(16-10-21-27(25-16)14-4-2-1-3-5-14)20-11-18-23-22-17-7-6-15(24-26(17)18)13-8-9-29-12-13/h1-10,12H,11H2,(H,20,28). The first-order valence-corrected chi connectivity index (χ1v) is 9.72. The van der Waals surface area contributed by atoms with Crippen LogP contribution in [0.15, 0.2) is 65.5 Å². The fraction of sp³-hybridized carbons (Fsp3) is 0.0526. The predicted octanol–water partition coefficient (Wildman–Crippen LogP) is 2.36. The molecule has 0 aliphatic rings. The van der Waals surface area contributed by atoms with Crippen molar-refractivity contribution in [2.75, 3.05) is 0 Å². The number of carbonyl (C=O) groups is 1. The van der Waals surface area contributed by atoms with Gasteiger partial charge in [0.25, 0.3) is 5.91 Å². The molecule has 1 amide bonds. The summed E-state index contributed by atoms with van der Waals surface area (Å²) in [6, 6.07) is 15.1. The Labute approximate surface area is 168 Å². The molecule has 0 unspecified atom stereocenters. The average Bonchev–Trinajstić information content (AvgIpc) is 3.53. The first kappa shape index (κ1) is 17.2. The number of nitrogens with zero attached hydrogens (tertiary/aromatic N) is 7. The van der Waals surface area contributed by atoms with Crippen molar-refractivity contribution in [3.8, 4) is 16.9 Å². The third-order valence-corrected chi connectivity index (χ3v) is 4.95. The average molecular weight is 402 g/mol. The van der Waals surface area contributed by atoms with Crippen LogP contribution in [0, 0.1) is 0 Å². The number of thiophene rings is 1. The smallest absolute Gasteiger partial charge is 0.273 e. The van der Waals surface area contributed by atoms with Gasteiger partial charge >= 0.3 is 0 Å². The van der Waals surface area contributed by atoms with E-state index in [0.29, 0.717) is 11.5 Å². The summed E-state index contributed by atoms with van der Waals surface area (Å²) in [6.07, 6.45) is 1.43. The molecule has 5 aromatic rings. The fourth-order valence-electron chi connectivity index (χ4n) is 2.81. The van der Waals surface area contributed by atoms with Gasteiger partial charge in [0.1, 0.15) is 0 Å². The number of hydrogen-bond donors (Lipinski definition) is 1. The Morgan fingerprint density at radius 3 is 2.76 bits per heavy atom. The van der Waals surface area contributed by atoms with E-state index in [9.17, 15) is 4.79 Å². The summed E-state index contributed by atoms with van der Waals surface area (Å²) >= 11 is 1.61.